The van der Waals surface area contributed by atoms with Crippen LogP contribution in [-0.4, -0.2) is 46.1 Å². The molecule has 0 aromatic heterocycles. The highest BCUT2D eigenvalue weighted by Gasteiger charge is 2.36. The van der Waals surface area contributed by atoms with Gasteiger partial charge in [0.25, 0.3) is 0 Å². The number of nitrogens with two attached hydrogens (primary N) is 1. The number of amides is 1. The SMILES string of the molecule is CC(C)C(C(=O)N1CCCC1CO)C(N)=NO. The van der Waals surface area contributed by atoms with E-state index in [0.29, 0.717) is 6.54 Å². The Morgan fingerprint density at radius 2 is 2.24 bits per heavy atom. The van der Waals surface area contributed by atoms with Gasteiger partial charge in [-0.1, -0.05) is 19.0 Å². The van der Waals surface area contributed by atoms with Crippen molar-refractivity contribution in [3.05, 3.63) is 0 Å². The van der Waals surface area contributed by atoms with Crippen molar-refractivity contribution < 1.29 is 15.1 Å². The molecule has 1 amide bonds. The number of aliphatic hydroxyl groups is 1. The summed E-state index contributed by atoms with van der Waals surface area (Å²) in [5, 5.41) is 20.8. The van der Waals surface area contributed by atoms with E-state index in [-0.39, 0.29) is 30.3 Å². The average Bonchev–Trinajstić information content (AvgIpc) is 2.76. The Balaban J connectivity index is 2.85. The molecule has 0 saturated carbocycles. The van der Waals surface area contributed by atoms with Crippen LogP contribution in [0.25, 0.3) is 0 Å². The molecule has 0 aromatic carbocycles. The molecule has 2 atom stereocenters. The van der Waals surface area contributed by atoms with Gasteiger partial charge < -0.3 is 20.9 Å². The highest BCUT2D eigenvalue weighted by atomic mass is 16.4. The maximum Gasteiger partial charge on any atom is 0.233 e. The number of aliphatic hydroxyl groups excluding tert-OH is 1. The Hall–Kier alpha value is -1.30. The summed E-state index contributed by atoms with van der Waals surface area (Å²) >= 11 is 0. The third-order valence-corrected chi connectivity index (χ3v) is 3.24. The van der Waals surface area contributed by atoms with Gasteiger partial charge in [0.1, 0.15) is 5.92 Å². The van der Waals surface area contributed by atoms with Crippen molar-refractivity contribution in [1.29, 1.82) is 0 Å². The zero-order chi connectivity index (χ0) is 13.0. The highest BCUT2D eigenvalue weighted by molar-refractivity contribution is 6.02. The molecular formula is C11H21N3O3. The predicted molar refractivity (Wildman–Crippen MR) is 63.6 cm³/mol. The number of nitrogens with zero attached hydrogens (tertiary/aromatic N) is 2. The second kappa shape index (κ2) is 5.86. The average molecular weight is 243 g/mol. The molecule has 1 aliphatic rings. The quantitative estimate of drug-likeness (QED) is 0.280. The molecular weight excluding hydrogens is 222 g/mol. The Morgan fingerprint density at radius 1 is 1.59 bits per heavy atom. The molecule has 1 aliphatic heterocycles. The van der Waals surface area contributed by atoms with Gasteiger partial charge in [-0.15, -0.1) is 0 Å². The molecule has 1 rings (SSSR count). The molecule has 4 N–H and O–H groups in total. The summed E-state index contributed by atoms with van der Waals surface area (Å²) in [5.41, 5.74) is 5.56. The van der Waals surface area contributed by atoms with Crippen molar-refractivity contribution in [2.45, 2.75) is 32.7 Å². The van der Waals surface area contributed by atoms with E-state index in [0.717, 1.165) is 12.8 Å². The van der Waals surface area contributed by atoms with Crippen LogP contribution in [0.1, 0.15) is 26.7 Å². The van der Waals surface area contributed by atoms with E-state index in [1.54, 1.807) is 4.90 Å². The van der Waals surface area contributed by atoms with Crippen LogP contribution in [-0.2, 0) is 4.79 Å². The molecule has 6 nitrogen and oxygen atoms in total. The van der Waals surface area contributed by atoms with Crippen molar-refractivity contribution in [2.75, 3.05) is 13.2 Å². The molecule has 0 bridgehead atoms. The third kappa shape index (κ3) is 2.88. The van der Waals surface area contributed by atoms with Gasteiger partial charge in [-0.25, -0.2) is 0 Å². The first-order valence-electron chi connectivity index (χ1n) is 5.91. The standard InChI is InChI=1S/C11H21N3O3/c1-7(2)9(10(12)13-17)11(16)14-5-3-4-8(14)6-15/h7-9,15,17H,3-6H2,1-2H3,(H2,12,13). The first-order valence-corrected chi connectivity index (χ1v) is 5.91. The number of amidine groups is 1. The second-order valence-electron chi connectivity index (χ2n) is 4.76. The summed E-state index contributed by atoms with van der Waals surface area (Å²) in [6.07, 6.45) is 1.70. The van der Waals surface area contributed by atoms with E-state index >= 15 is 0 Å². The number of rotatable bonds is 4. The number of oxime groups is 1. The van der Waals surface area contributed by atoms with Gasteiger partial charge in [-0.2, -0.15) is 0 Å². The van der Waals surface area contributed by atoms with E-state index in [2.05, 4.69) is 5.16 Å². The Labute approximate surface area is 101 Å². The molecule has 1 saturated heterocycles. The van der Waals surface area contributed by atoms with Crippen molar-refractivity contribution >= 4 is 11.7 Å². The normalized spacial score (nSPS) is 23.2. The van der Waals surface area contributed by atoms with Gasteiger partial charge in [0.05, 0.1) is 12.6 Å². The molecule has 98 valence electrons. The number of hydrogen-bond acceptors (Lipinski definition) is 4. The number of likely N-dealkylation sites (tertiary alicyclic amines) is 1. The Kier molecular flexibility index (Phi) is 4.74. The third-order valence-electron chi connectivity index (χ3n) is 3.24. The first-order chi connectivity index (χ1) is 8.02. The zero-order valence-electron chi connectivity index (χ0n) is 10.3. The maximum atomic E-state index is 12.3. The molecule has 0 spiro atoms. The summed E-state index contributed by atoms with van der Waals surface area (Å²) in [7, 11) is 0. The van der Waals surface area contributed by atoms with E-state index in [9.17, 15) is 9.90 Å². The lowest BCUT2D eigenvalue weighted by Crippen LogP contribution is -2.47. The van der Waals surface area contributed by atoms with Crippen LogP contribution in [0, 0.1) is 11.8 Å². The van der Waals surface area contributed by atoms with Crippen molar-refractivity contribution in [3.63, 3.8) is 0 Å². The number of carbonyl (C=O) groups is 1. The molecule has 1 fully saturated rings. The minimum Gasteiger partial charge on any atom is -0.409 e. The van der Waals surface area contributed by atoms with Crippen LogP contribution in [0.4, 0.5) is 0 Å². The topological polar surface area (TPSA) is 99.2 Å². The lowest BCUT2D eigenvalue weighted by atomic mass is 9.93. The summed E-state index contributed by atoms with van der Waals surface area (Å²) in [5.74, 6) is -0.883. The van der Waals surface area contributed by atoms with Crippen LogP contribution in [0.15, 0.2) is 5.16 Å². The van der Waals surface area contributed by atoms with Crippen molar-refractivity contribution in [2.24, 2.45) is 22.7 Å². The molecule has 0 aliphatic carbocycles. The van der Waals surface area contributed by atoms with Crippen LogP contribution < -0.4 is 5.73 Å². The van der Waals surface area contributed by atoms with Gasteiger partial charge in [0.15, 0.2) is 5.84 Å². The summed E-state index contributed by atoms with van der Waals surface area (Å²) in [4.78, 5) is 13.9. The predicted octanol–water partition coefficient (Wildman–Crippen LogP) is -0.0117. The van der Waals surface area contributed by atoms with Crippen LogP contribution in [0.2, 0.25) is 0 Å². The van der Waals surface area contributed by atoms with Gasteiger partial charge in [-0.05, 0) is 18.8 Å². The fourth-order valence-electron chi connectivity index (χ4n) is 2.31. The minimum absolute atomic E-state index is 0.0350. The van der Waals surface area contributed by atoms with Crippen LogP contribution in [0.3, 0.4) is 0 Å². The van der Waals surface area contributed by atoms with E-state index in [1.165, 1.54) is 0 Å². The number of carbonyl (C=O) groups excluding carboxylic acids is 1. The Morgan fingerprint density at radius 3 is 2.71 bits per heavy atom. The van der Waals surface area contributed by atoms with E-state index in [4.69, 9.17) is 10.9 Å². The van der Waals surface area contributed by atoms with Crippen molar-refractivity contribution in [3.8, 4) is 0 Å². The van der Waals surface area contributed by atoms with Crippen molar-refractivity contribution in [1.82, 2.24) is 4.90 Å². The zero-order valence-corrected chi connectivity index (χ0v) is 10.3. The van der Waals surface area contributed by atoms with Gasteiger partial charge >= 0.3 is 0 Å². The molecule has 2 unspecified atom stereocenters. The summed E-state index contributed by atoms with van der Waals surface area (Å²) < 4.78 is 0. The lowest BCUT2D eigenvalue weighted by molar-refractivity contribution is -0.136. The monoisotopic (exact) mass is 243 g/mol. The molecule has 1 heterocycles. The molecule has 17 heavy (non-hydrogen) atoms. The fourth-order valence-corrected chi connectivity index (χ4v) is 2.31. The highest BCUT2D eigenvalue weighted by Crippen LogP contribution is 2.22. The maximum absolute atomic E-state index is 12.3. The molecule has 0 aromatic rings. The van der Waals surface area contributed by atoms with Gasteiger partial charge in [0.2, 0.25) is 5.91 Å². The summed E-state index contributed by atoms with van der Waals surface area (Å²) in [6.45, 7) is 4.30. The fraction of sp³-hybridized carbons (Fsp3) is 0.818. The molecule has 0 radical (unpaired) electrons. The van der Waals surface area contributed by atoms with E-state index in [1.807, 2.05) is 13.8 Å². The van der Waals surface area contributed by atoms with Crippen LogP contribution >= 0.6 is 0 Å². The lowest BCUT2D eigenvalue weighted by Gasteiger charge is -2.29. The Bertz CT molecular complexity index is 304. The largest absolute Gasteiger partial charge is 0.409 e. The molecule has 6 heteroatoms. The summed E-state index contributed by atoms with van der Waals surface area (Å²) in [6, 6.07) is -0.129. The minimum atomic E-state index is -0.618. The number of hydrogen-bond donors (Lipinski definition) is 3. The second-order valence-corrected chi connectivity index (χ2v) is 4.76. The van der Waals surface area contributed by atoms with Gasteiger partial charge in [0, 0.05) is 6.54 Å². The van der Waals surface area contributed by atoms with Gasteiger partial charge in [-0.3, -0.25) is 4.79 Å². The van der Waals surface area contributed by atoms with Crippen LogP contribution in [0.5, 0.6) is 0 Å². The van der Waals surface area contributed by atoms with E-state index < -0.39 is 5.92 Å². The first kappa shape index (κ1) is 13.8. The smallest absolute Gasteiger partial charge is 0.233 e.